The van der Waals surface area contributed by atoms with E-state index in [1.807, 2.05) is 12.3 Å². The molecule has 0 fully saturated rings. The van der Waals surface area contributed by atoms with Crippen molar-refractivity contribution in [1.29, 1.82) is 0 Å². The van der Waals surface area contributed by atoms with Crippen molar-refractivity contribution in [2.45, 2.75) is 20.4 Å². The van der Waals surface area contributed by atoms with Gasteiger partial charge >= 0.3 is 0 Å². The van der Waals surface area contributed by atoms with Crippen molar-refractivity contribution >= 4 is 11.0 Å². The molecule has 0 aliphatic carbocycles. The summed E-state index contributed by atoms with van der Waals surface area (Å²) >= 11 is 0. The van der Waals surface area contributed by atoms with Gasteiger partial charge in [0.05, 0.1) is 6.61 Å². The van der Waals surface area contributed by atoms with E-state index in [4.69, 9.17) is 4.74 Å². The Morgan fingerprint density at radius 2 is 2.33 bits per heavy atom. The number of pyridine rings is 1. The molecule has 4 nitrogen and oxygen atoms in total. The van der Waals surface area contributed by atoms with Crippen LogP contribution in [-0.2, 0) is 11.3 Å². The molecule has 0 amide bonds. The molecule has 0 saturated carbocycles. The Morgan fingerprint density at radius 1 is 1.44 bits per heavy atom. The van der Waals surface area contributed by atoms with Gasteiger partial charge in [-0.05, 0) is 23.6 Å². The minimum absolute atomic E-state index is 0.602. The summed E-state index contributed by atoms with van der Waals surface area (Å²) < 4.78 is 5.52. The minimum atomic E-state index is 0.602. The van der Waals surface area contributed by atoms with E-state index in [0.29, 0.717) is 5.92 Å². The lowest BCUT2D eigenvalue weighted by molar-refractivity contribution is 0.111. The van der Waals surface area contributed by atoms with Crippen LogP contribution >= 0.6 is 0 Å². The third kappa shape index (κ3) is 3.55. The molecule has 0 spiro atoms. The monoisotopic (exact) mass is 247 g/mol. The van der Waals surface area contributed by atoms with Crippen molar-refractivity contribution < 1.29 is 4.74 Å². The predicted molar refractivity (Wildman–Crippen MR) is 73.5 cm³/mol. The lowest BCUT2D eigenvalue weighted by atomic mass is 10.2. The highest BCUT2D eigenvalue weighted by Crippen LogP contribution is 2.14. The Balaban J connectivity index is 1.74. The van der Waals surface area contributed by atoms with Gasteiger partial charge in [0, 0.05) is 37.5 Å². The fraction of sp³-hybridized carbons (Fsp3) is 0.500. The summed E-state index contributed by atoms with van der Waals surface area (Å²) in [5, 5.41) is 4.57. The fourth-order valence-electron chi connectivity index (χ4n) is 1.85. The number of ether oxygens (including phenoxy) is 1. The van der Waals surface area contributed by atoms with Crippen LogP contribution in [0.1, 0.15) is 19.4 Å². The number of aromatic nitrogens is 2. The van der Waals surface area contributed by atoms with Gasteiger partial charge in [-0.2, -0.15) is 0 Å². The molecule has 2 aromatic heterocycles. The Morgan fingerprint density at radius 3 is 3.17 bits per heavy atom. The Labute approximate surface area is 108 Å². The molecule has 0 bridgehead atoms. The van der Waals surface area contributed by atoms with Gasteiger partial charge in [0.1, 0.15) is 5.65 Å². The molecule has 2 heterocycles. The number of hydrogen-bond donors (Lipinski definition) is 2. The second kappa shape index (κ2) is 6.52. The van der Waals surface area contributed by atoms with Crippen molar-refractivity contribution in [3.05, 3.63) is 30.1 Å². The molecule has 0 aliphatic rings. The Bertz CT molecular complexity index is 479. The highest BCUT2D eigenvalue weighted by atomic mass is 16.5. The topological polar surface area (TPSA) is 49.9 Å². The number of fused-ring (bicyclic) bond motifs is 1. The van der Waals surface area contributed by atoms with Crippen LogP contribution in [0.15, 0.2) is 24.5 Å². The summed E-state index contributed by atoms with van der Waals surface area (Å²) in [7, 11) is 0. The van der Waals surface area contributed by atoms with Crippen LogP contribution in [0.2, 0.25) is 0 Å². The first-order chi connectivity index (χ1) is 8.77. The van der Waals surface area contributed by atoms with E-state index < -0.39 is 0 Å². The number of hydrogen-bond acceptors (Lipinski definition) is 3. The quantitative estimate of drug-likeness (QED) is 0.738. The second-order valence-electron chi connectivity index (χ2n) is 4.86. The smallest absolute Gasteiger partial charge is 0.137 e. The first-order valence-electron chi connectivity index (χ1n) is 6.47. The Hall–Kier alpha value is -1.39. The van der Waals surface area contributed by atoms with Gasteiger partial charge in [-0.3, -0.25) is 0 Å². The molecule has 0 unspecified atom stereocenters. The molecule has 4 heteroatoms. The molecule has 18 heavy (non-hydrogen) atoms. The van der Waals surface area contributed by atoms with Gasteiger partial charge in [-0.15, -0.1) is 0 Å². The predicted octanol–water partition coefficient (Wildman–Crippen LogP) is 2.33. The summed E-state index contributed by atoms with van der Waals surface area (Å²) in [5.74, 6) is 0.602. The van der Waals surface area contributed by atoms with E-state index in [9.17, 15) is 0 Å². The average Bonchev–Trinajstić information content (AvgIpc) is 2.77. The van der Waals surface area contributed by atoms with Crippen LogP contribution < -0.4 is 5.32 Å². The van der Waals surface area contributed by atoms with Crippen molar-refractivity contribution in [1.82, 2.24) is 15.3 Å². The summed E-state index contributed by atoms with van der Waals surface area (Å²) in [6.07, 6.45) is 3.81. The molecular formula is C14H21N3O. The zero-order valence-electron chi connectivity index (χ0n) is 11.1. The zero-order valence-corrected chi connectivity index (χ0v) is 11.1. The van der Waals surface area contributed by atoms with Gasteiger partial charge in [-0.25, -0.2) is 4.98 Å². The lowest BCUT2D eigenvalue weighted by Gasteiger charge is -2.07. The molecule has 0 radical (unpaired) electrons. The number of nitrogens with one attached hydrogen (secondary N) is 2. The first kappa shape index (κ1) is 13.1. The van der Waals surface area contributed by atoms with Gasteiger partial charge in [0.15, 0.2) is 0 Å². The maximum Gasteiger partial charge on any atom is 0.137 e. The first-order valence-corrected chi connectivity index (χ1v) is 6.47. The van der Waals surface area contributed by atoms with Crippen LogP contribution in [0.25, 0.3) is 11.0 Å². The molecule has 0 atom stereocenters. The number of aromatic amines is 1. The lowest BCUT2D eigenvalue weighted by Crippen LogP contribution is -2.20. The van der Waals surface area contributed by atoms with E-state index in [-0.39, 0.29) is 0 Å². The van der Waals surface area contributed by atoms with Crippen molar-refractivity contribution in [2.75, 3.05) is 19.8 Å². The minimum Gasteiger partial charge on any atom is -0.380 e. The molecular weight excluding hydrogens is 226 g/mol. The molecule has 2 rings (SSSR count). The number of rotatable bonds is 7. The van der Waals surface area contributed by atoms with Crippen LogP contribution in [0.5, 0.6) is 0 Å². The number of nitrogens with zero attached hydrogens (tertiary/aromatic N) is 1. The van der Waals surface area contributed by atoms with Gasteiger partial charge in [0.25, 0.3) is 0 Å². The third-order valence-electron chi connectivity index (χ3n) is 2.73. The van der Waals surface area contributed by atoms with E-state index >= 15 is 0 Å². The average molecular weight is 247 g/mol. The van der Waals surface area contributed by atoms with Crippen LogP contribution in [-0.4, -0.2) is 29.7 Å². The third-order valence-corrected chi connectivity index (χ3v) is 2.73. The van der Waals surface area contributed by atoms with Crippen LogP contribution in [0, 0.1) is 5.92 Å². The zero-order chi connectivity index (χ0) is 12.8. The van der Waals surface area contributed by atoms with Gasteiger partial charge in [0.2, 0.25) is 0 Å². The molecule has 2 N–H and O–H groups in total. The van der Waals surface area contributed by atoms with Gasteiger partial charge < -0.3 is 15.0 Å². The summed E-state index contributed by atoms with van der Waals surface area (Å²) in [6.45, 7) is 7.63. The standard InChI is InChI=1S/C14H21N3O/c1-11(2)10-18-7-6-15-8-12-9-17-14-13(12)4-3-5-16-14/h3-5,9,11,15H,6-8,10H2,1-2H3,(H,16,17). The van der Waals surface area contributed by atoms with Crippen LogP contribution in [0.4, 0.5) is 0 Å². The molecule has 0 aromatic carbocycles. The SMILES string of the molecule is CC(C)COCCNCc1c[nH]c2ncccc12. The molecule has 0 aliphatic heterocycles. The summed E-state index contributed by atoms with van der Waals surface area (Å²) in [6, 6.07) is 4.05. The maximum atomic E-state index is 5.52. The van der Waals surface area contributed by atoms with Crippen molar-refractivity contribution in [2.24, 2.45) is 5.92 Å². The second-order valence-corrected chi connectivity index (χ2v) is 4.86. The molecule has 2 aromatic rings. The van der Waals surface area contributed by atoms with E-state index in [2.05, 4.69) is 35.2 Å². The van der Waals surface area contributed by atoms with Crippen LogP contribution in [0.3, 0.4) is 0 Å². The number of H-pyrrole nitrogens is 1. The van der Waals surface area contributed by atoms with Crippen molar-refractivity contribution in [3.8, 4) is 0 Å². The largest absolute Gasteiger partial charge is 0.380 e. The van der Waals surface area contributed by atoms with E-state index in [0.717, 1.165) is 32.0 Å². The summed E-state index contributed by atoms with van der Waals surface area (Å²) in [4.78, 5) is 7.44. The van der Waals surface area contributed by atoms with Crippen molar-refractivity contribution in [3.63, 3.8) is 0 Å². The van der Waals surface area contributed by atoms with Gasteiger partial charge in [-0.1, -0.05) is 13.8 Å². The normalized spacial score (nSPS) is 11.5. The molecule has 98 valence electrons. The maximum absolute atomic E-state index is 5.52. The highest BCUT2D eigenvalue weighted by molar-refractivity contribution is 5.79. The molecule has 0 saturated heterocycles. The highest BCUT2D eigenvalue weighted by Gasteiger charge is 2.02. The summed E-state index contributed by atoms with van der Waals surface area (Å²) in [5.41, 5.74) is 2.20. The van der Waals surface area contributed by atoms with E-state index in [1.165, 1.54) is 10.9 Å². The fourth-order valence-corrected chi connectivity index (χ4v) is 1.85. The van der Waals surface area contributed by atoms with E-state index in [1.54, 1.807) is 6.20 Å². The Kier molecular flexibility index (Phi) is 4.73.